The number of unbranched alkanes of at least 4 members (excludes halogenated alkanes) is 1. The number of fused-ring (bicyclic) bond motifs is 1. The fourth-order valence-corrected chi connectivity index (χ4v) is 5.07. The minimum absolute atomic E-state index is 0.123. The smallest absolute Gasteiger partial charge is 0.255 e. The molecule has 4 rings (SSSR count). The highest BCUT2D eigenvalue weighted by Gasteiger charge is 2.39. The van der Waals surface area contributed by atoms with Gasteiger partial charge in [0.15, 0.2) is 0 Å². The number of imide groups is 1. The molecule has 0 radical (unpaired) electrons. The van der Waals surface area contributed by atoms with Crippen LogP contribution in [0.3, 0.4) is 0 Å². The Kier molecular flexibility index (Phi) is 6.23. The third-order valence-electron chi connectivity index (χ3n) is 5.78. The van der Waals surface area contributed by atoms with Crippen molar-refractivity contribution in [2.45, 2.75) is 62.3 Å². The summed E-state index contributed by atoms with van der Waals surface area (Å²) in [5.74, 6) is 0.0706. The molecular formula is C24H26N2O3S. The predicted octanol–water partition coefficient (Wildman–Crippen LogP) is 4.08. The van der Waals surface area contributed by atoms with Gasteiger partial charge in [0.2, 0.25) is 11.8 Å². The molecule has 0 spiro atoms. The second kappa shape index (κ2) is 9.04. The normalized spacial score (nSPS) is 18.5. The van der Waals surface area contributed by atoms with E-state index in [1.807, 2.05) is 18.2 Å². The van der Waals surface area contributed by atoms with Crippen molar-refractivity contribution in [2.24, 2.45) is 0 Å². The van der Waals surface area contributed by atoms with Crippen molar-refractivity contribution in [1.29, 1.82) is 0 Å². The molecule has 1 unspecified atom stereocenters. The number of amides is 3. The van der Waals surface area contributed by atoms with Crippen molar-refractivity contribution >= 4 is 29.5 Å². The van der Waals surface area contributed by atoms with Crippen LogP contribution in [0.2, 0.25) is 0 Å². The summed E-state index contributed by atoms with van der Waals surface area (Å²) >= 11 is 1.72. The number of piperidine rings is 1. The Bertz CT molecular complexity index is 971. The van der Waals surface area contributed by atoms with Gasteiger partial charge < -0.3 is 4.90 Å². The molecule has 0 aromatic heterocycles. The molecule has 6 heteroatoms. The van der Waals surface area contributed by atoms with E-state index in [9.17, 15) is 14.4 Å². The third kappa shape index (κ3) is 4.29. The predicted molar refractivity (Wildman–Crippen MR) is 117 cm³/mol. The van der Waals surface area contributed by atoms with Crippen LogP contribution in [0, 0.1) is 0 Å². The molecule has 5 nitrogen and oxygen atoms in total. The molecule has 1 fully saturated rings. The highest BCUT2D eigenvalue weighted by atomic mass is 32.2. The number of nitrogens with one attached hydrogen (secondary N) is 1. The minimum atomic E-state index is -0.573. The quantitative estimate of drug-likeness (QED) is 0.539. The molecule has 1 N–H and O–H groups in total. The van der Waals surface area contributed by atoms with Crippen molar-refractivity contribution in [1.82, 2.24) is 10.2 Å². The monoisotopic (exact) mass is 422 g/mol. The molecule has 1 saturated heterocycles. The summed E-state index contributed by atoms with van der Waals surface area (Å²) in [6.07, 6.45) is 4.19. The Morgan fingerprint density at radius 1 is 1.07 bits per heavy atom. The zero-order valence-corrected chi connectivity index (χ0v) is 18.0. The average molecular weight is 423 g/mol. The fourth-order valence-electron chi connectivity index (χ4n) is 4.04. The molecule has 2 aliphatic rings. The topological polar surface area (TPSA) is 66.5 Å². The van der Waals surface area contributed by atoms with Crippen molar-refractivity contribution in [3.63, 3.8) is 0 Å². The lowest BCUT2D eigenvalue weighted by molar-refractivity contribution is -0.136. The van der Waals surface area contributed by atoms with E-state index in [4.69, 9.17) is 0 Å². The first-order valence-corrected chi connectivity index (χ1v) is 11.5. The van der Waals surface area contributed by atoms with Crippen LogP contribution in [0.1, 0.15) is 59.7 Å². The molecule has 1 atom stereocenters. The van der Waals surface area contributed by atoms with E-state index in [-0.39, 0.29) is 24.1 Å². The number of benzene rings is 2. The van der Waals surface area contributed by atoms with Crippen LogP contribution in [-0.2, 0) is 28.3 Å². The molecular weight excluding hydrogens is 396 g/mol. The molecule has 2 aromatic rings. The van der Waals surface area contributed by atoms with Gasteiger partial charge in [0.1, 0.15) is 6.04 Å². The van der Waals surface area contributed by atoms with E-state index in [2.05, 4.69) is 36.5 Å². The third-order valence-corrected chi connectivity index (χ3v) is 6.95. The summed E-state index contributed by atoms with van der Waals surface area (Å²) in [7, 11) is 0. The summed E-state index contributed by atoms with van der Waals surface area (Å²) in [6.45, 7) is 2.62. The maximum atomic E-state index is 12.9. The van der Waals surface area contributed by atoms with Crippen LogP contribution < -0.4 is 5.32 Å². The van der Waals surface area contributed by atoms with Crippen molar-refractivity contribution in [3.8, 4) is 0 Å². The molecule has 0 saturated carbocycles. The first-order chi connectivity index (χ1) is 14.6. The summed E-state index contributed by atoms with van der Waals surface area (Å²) in [5, 5.41) is 2.36. The summed E-state index contributed by atoms with van der Waals surface area (Å²) in [4.78, 5) is 39.3. The summed E-state index contributed by atoms with van der Waals surface area (Å²) in [6, 6.07) is 14.0. The SMILES string of the molecule is CCCCc1ccc(CSc2cccc3c2CN(C2CCC(=O)NC2=O)C3=O)cc1. The maximum absolute atomic E-state index is 12.9. The molecule has 30 heavy (non-hydrogen) atoms. The van der Waals surface area contributed by atoms with Gasteiger partial charge >= 0.3 is 0 Å². The van der Waals surface area contributed by atoms with Gasteiger partial charge in [0, 0.05) is 29.2 Å². The largest absolute Gasteiger partial charge is 0.322 e. The van der Waals surface area contributed by atoms with E-state index < -0.39 is 6.04 Å². The second-order valence-corrected chi connectivity index (χ2v) is 8.91. The van der Waals surface area contributed by atoms with Crippen LogP contribution in [0.25, 0.3) is 0 Å². The molecule has 2 aliphatic heterocycles. The summed E-state index contributed by atoms with van der Waals surface area (Å²) < 4.78 is 0. The Balaban J connectivity index is 1.45. The number of nitrogens with zero attached hydrogens (tertiary/aromatic N) is 1. The van der Waals surface area contributed by atoms with Gasteiger partial charge in [-0.05, 0) is 48.1 Å². The van der Waals surface area contributed by atoms with Crippen LogP contribution in [0.4, 0.5) is 0 Å². The standard InChI is InChI=1S/C24H26N2O3S/c1-2-3-5-16-8-10-17(11-9-16)15-30-21-7-4-6-18-19(21)14-26(24(18)29)20-12-13-22(27)25-23(20)28/h4,6-11,20H,2-3,5,12-15H2,1H3,(H,25,27,28). The van der Waals surface area contributed by atoms with E-state index in [1.54, 1.807) is 16.7 Å². The molecule has 156 valence electrons. The number of hydrogen-bond acceptors (Lipinski definition) is 4. The number of rotatable bonds is 7. The average Bonchev–Trinajstić information content (AvgIpc) is 3.08. The van der Waals surface area contributed by atoms with Crippen molar-refractivity contribution < 1.29 is 14.4 Å². The van der Waals surface area contributed by atoms with E-state index in [0.717, 1.165) is 22.6 Å². The lowest BCUT2D eigenvalue weighted by Gasteiger charge is -2.29. The zero-order valence-electron chi connectivity index (χ0n) is 17.1. The van der Waals surface area contributed by atoms with Gasteiger partial charge in [0.25, 0.3) is 5.91 Å². The minimum Gasteiger partial charge on any atom is -0.322 e. The molecule has 0 bridgehead atoms. The number of aryl methyl sites for hydroxylation is 1. The lowest BCUT2D eigenvalue weighted by Crippen LogP contribution is -2.52. The molecule has 2 heterocycles. The fraction of sp³-hybridized carbons (Fsp3) is 0.375. The summed E-state index contributed by atoms with van der Waals surface area (Å²) in [5.41, 5.74) is 4.28. The number of carbonyl (C=O) groups is 3. The number of hydrogen-bond donors (Lipinski definition) is 1. The van der Waals surface area contributed by atoms with Gasteiger partial charge in [-0.3, -0.25) is 19.7 Å². The Hall–Kier alpha value is -2.60. The van der Waals surface area contributed by atoms with Gasteiger partial charge in [-0.1, -0.05) is 43.7 Å². The highest BCUT2D eigenvalue weighted by Crippen LogP contribution is 2.35. The van der Waals surface area contributed by atoms with Gasteiger partial charge in [0.05, 0.1) is 0 Å². The first kappa shape index (κ1) is 20.7. The first-order valence-electron chi connectivity index (χ1n) is 10.5. The van der Waals surface area contributed by atoms with Gasteiger partial charge in [-0.25, -0.2) is 0 Å². The number of carbonyl (C=O) groups excluding carboxylic acids is 3. The van der Waals surface area contributed by atoms with E-state index in [0.29, 0.717) is 18.5 Å². The van der Waals surface area contributed by atoms with Crippen LogP contribution in [-0.4, -0.2) is 28.7 Å². The van der Waals surface area contributed by atoms with Crippen LogP contribution in [0.15, 0.2) is 47.4 Å². The lowest BCUT2D eigenvalue weighted by atomic mass is 10.0. The Morgan fingerprint density at radius 2 is 1.83 bits per heavy atom. The van der Waals surface area contributed by atoms with Gasteiger partial charge in [-0.15, -0.1) is 11.8 Å². The number of thioether (sulfide) groups is 1. The van der Waals surface area contributed by atoms with Crippen LogP contribution in [0.5, 0.6) is 0 Å². The Labute approximate surface area is 181 Å². The second-order valence-electron chi connectivity index (χ2n) is 7.89. The molecule has 3 amide bonds. The van der Waals surface area contributed by atoms with E-state index >= 15 is 0 Å². The highest BCUT2D eigenvalue weighted by molar-refractivity contribution is 7.98. The molecule has 0 aliphatic carbocycles. The zero-order chi connectivity index (χ0) is 21.1. The maximum Gasteiger partial charge on any atom is 0.255 e. The molecule has 2 aromatic carbocycles. The Morgan fingerprint density at radius 3 is 2.57 bits per heavy atom. The van der Waals surface area contributed by atoms with E-state index in [1.165, 1.54) is 24.0 Å². The van der Waals surface area contributed by atoms with Crippen molar-refractivity contribution in [3.05, 3.63) is 64.7 Å². The van der Waals surface area contributed by atoms with Crippen LogP contribution >= 0.6 is 11.8 Å². The van der Waals surface area contributed by atoms with Crippen molar-refractivity contribution in [2.75, 3.05) is 0 Å². The van der Waals surface area contributed by atoms with Gasteiger partial charge in [-0.2, -0.15) is 0 Å².